The number of rotatable bonds is 4. The predicted molar refractivity (Wildman–Crippen MR) is 48.4 cm³/mol. The van der Waals surface area contributed by atoms with Crippen LogP contribution >= 0.6 is 0 Å². The lowest BCUT2D eigenvalue weighted by Gasteiger charge is -2.14. The highest BCUT2D eigenvalue weighted by molar-refractivity contribution is 5.87. The molecule has 3 heteroatoms. The minimum Gasteiger partial charge on any atom is -0.364 e. The molecule has 0 saturated carbocycles. The molecule has 0 rings (SSSR count). The number of carbonyl (C=O) groups is 1. The summed E-state index contributed by atoms with van der Waals surface area (Å²) in [7, 11) is 1.75. The first-order valence-corrected chi connectivity index (χ1v) is 4.18. The van der Waals surface area contributed by atoms with Crippen LogP contribution in [0, 0.1) is 0 Å². The molecule has 0 fully saturated rings. The van der Waals surface area contributed by atoms with Crippen LogP contribution in [0.5, 0.6) is 0 Å². The van der Waals surface area contributed by atoms with Crippen LogP contribution in [0.25, 0.3) is 0 Å². The fraction of sp³-hybridized carbons (Fsp3) is 0.667. The summed E-state index contributed by atoms with van der Waals surface area (Å²) in [6, 6.07) is 0. The van der Waals surface area contributed by atoms with Crippen LogP contribution < -0.4 is 0 Å². The first-order valence-electron chi connectivity index (χ1n) is 4.18. The van der Waals surface area contributed by atoms with Crippen molar-refractivity contribution < 1.29 is 9.63 Å². The Bertz CT molecular complexity index is 175. The maximum atomic E-state index is 11.1. The molecule has 0 aromatic rings. The maximum Gasteiger partial charge on any atom is 0.352 e. The van der Waals surface area contributed by atoms with Crippen LogP contribution in [-0.2, 0) is 9.63 Å². The average Bonchev–Trinajstić information content (AvgIpc) is 2.03. The lowest BCUT2D eigenvalue weighted by molar-refractivity contribution is -0.178. The van der Waals surface area contributed by atoms with E-state index in [9.17, 15) is 4.79 Å². The third-order valence-electron chi connectivity index (χ3n) is 1.53. The minimum atomic E-state index is -0.270. The van der Waals surface area contributed by atoms with Crippen molar-refractivity contribution in [2.45, 2.75) is 27.2 Å². The normalized spacial score (nSPS) is 11.9. The maximum absolute atomic E-state index is 11.1. The second kappa shape index (κ2) is 5.77. The molecule has 0 amide bonds. The average molecular weight is 171 g/mol. The summed E-state index contributed by atoms with van der Waals surface area (Å²) in [5, 5.41) is 1.55. The molecule has 0 radical (unpaired) electrons. The summed E-state index contributed by atoms with van der Waals surface area (Å²) >= 11 is 0. The number of hydroxylamine groups is 2. The molecule has 0 atom stereocenters. The van der Waals surface area contributed by atoms with Crippen LogP contribution in [0.3, 0.4) is 0 Å². The van der Waals surface area contributed by atoms with E-state index < -0.39 is 0 Å². The SMILES string of the molecule is CC=C(C)C(=O)ON(C)CCC. The summed E-state index contributed by atoms with van der Waals surface area (Å²) in [6.45, 7) is 6.36. The highest BCUT2D eigenvalue weighted by atomic mass is 16.7. The standard InChI is InChI=1S/C9H17NO2/c1-5-7-10(4)12-9(11)8(3)6-2/h6H,5,7H2,1-4H3. The van der Waals surface area contributed by atoms with Crippen molar-refractivity contribution in [3.63, 3.8) is 0 Å². The fourth-order valence-corrected chi connectivity index (χ4v) is 0.692. The zero-order chi connectivity index (χ0) is 9.56. The Labute approximate surface area is 74.0 Å². The van der Waals surface area contributed by atoms with Crippen LogP contribution in [0.15, 0.2) is 11.6 Å². The molecule has 70 valence electrons. The van der Waals surface area contributed by atoms with E-state index in [4.69, 9.17) is 4.84 Å². The highest BCUT2D eigenvalue weighted by Gasteiger charge is 2.07. The van der Waals surface area contributed by atoms with Crippen molar-refractivity contribution in [3.8, 4) is 0 Å². The van der Waals surface area contributed by atoms with Gasteiger partial charge < -0.3 is 4.84 Å². The zero-order valence-electron chi connectivity index (χ0n) is 8.26. The first-order chi connectivity index (χ1) is 5.61. The van der Waals surface area contributed by atoms with E-state index in [-0.39, 0.29) is 5.97 Å². The first kappa shape index (κ1) is 11.2. The van der Waals surface area contributed by atoms with E-state index in [1.165, 1.54) is 0 Å². The molecule has 0 heterocycles. The third kappa shape index (κ3) is 4.13. The Morgan fingerprint density at radius 2 is 2.17 bits per heavy atom. The van der Waals surface area contributed by atoms with Crippen LogP contribution in [0.2, 0.25) is 0 Å². The Morgan fingerprint density at radius 3 is 2.58 bits per heavy atom. The summed E-state index contributed by atoms with van der Waals surface area (Å²) in [5.74, 6) is -0.270. The van der Waals surface area contributed by atoms with Gasteiger partial charge in [0.2, 0.25) is 0 Å². The smallest absolute Gasteiger partial charge is 0.352 e. The van der Waals surface area contributed by atoms with Gasteiger partial charge in [0.05, 0.1) is 0 Å². The summed E-state index contributed by atoms with van der Waals surface area (Å²) in [4.78, 5) is 16.1. The second-order valence-electron chi connectivity index (χ2n) is 2.70. The van der Waals surface area contributed by atoms with Gasteiger partial charge in [0, 0.05) is 19.2 Å². The Morgan fingerprint density at radius 1 is 1.58 bits per heavy atom. The Kier molecular flexibility index (Phi) is 5.37. The van der Waals surface area contributed by atoms with E-state index in [0.29, 0.717) is 5.57 Å². The molecule has 0 aliphatic rings. The van der Waals surface area contributed by atoms with Gasteiger partial charge in [0.15, 0.2) is 0 Å². The van der Waals surface area contributed by atoms with Crippen molar-refractivity contribution in [2.75, 3.05) is 13.6 Å². The van der Waals surface area contributed by atoms with Gasteiger partial charge in [0.25, 0.3) is 0 Å². The van der Waals surface area contributed by atoms with Crippen molar-refractivity contribution in [2.24, 2.45) is 0 Å². The summed E-state index contributed by atoms with van der Waals surface area (Å²) in [6.07, 6.45) is 2.71. The molecular weight excluding hydrogens is 154 g/mol. The summed E-state index contributed by atoms with van der Waals surface area (Å²) < 4.78 is 0. The molecule has 0 aliphatic heterocycles. The van der Waals surface area contributed by atoms with Gasteiger partial charge in [-0.2, -0.15) is 0 Å². The molecule has 0 saturated heterocycles. The van der Waals surface area contributed by atoms with E-state index in [0.717, 1.165) is 13.0 Å². The lowest BCUT2D eigenvalue weighted by atomic mass is 10.3. The van der Waals surface area contributed by atoms with Gasteiger partial charge in [-0.1, -0.05) is 13.0 Å². The number of nitrogens with zero attached hydrogens (tertiary/aromatic N) is 1. The van der Waals surface area contributed by atoms with Gasteiger partial charge in [-0.15, -0.1) is 5.06 Å². The lowest BCUT2D eigenvalue weighted by Crippen LogP contribution is -2.24. The molecule has 3 nitrogen and oxygen atoms in total. The number of hydrogen-bond donors (Lipinski definition) is 0. The number of carbonyl (C=O) groups excluding carboxylic acids is 1. The van der Waals surface area contributed by atoms with Crippen molar-refractivity contribution >= 4 is 5.97 Å². The molecule has 0 aromatic heterocycles. The molecule has 0 aromatic carbocycles. The van der Waals surface area contributed by atoms with Crippen molar-refractivity contribution in [1.82, 2.24) is 5.06 Å². The van der Waals surface area contributed by atoms with E-state index >= 15 is 0 Å². The molecule has 12 heavy (non-hydrogen) atoms. The Balaban J connectivity index is 3.84. The molecule has 0 aliphatic carbocycles. The predicted octanol–water partition coefficient (Wildman–Crippen LogP) is 1.75. The second-order valence-corrected chi connectivity index (χ2v) is 2.70. The van der Waals surface area contributed by atoms with E-state index in [2.05, 4.69) is 0 Å². The van der Waals surface area contributed by atoms with Crippen LogP contribution in [0.1, 0.15) is 27.2 Å². The third-order valence-corrected chi connectivity index (χ3v) is 1.53. The Hall–Kier alpha value is -0.830. The zero-order valence-corrected chi connectivity index (χ0v) is 8.26. The van der Waals surface area contributed by atoms with Gasteiger partial charge in [-0.3, -0.25) is 0 Å². The van der Waals surface area contributed by atoms with Gasteiger partial charge in [0.1, 0.15) is 0 Å². The number of allylic oxidation sites excluding steroid dienone is 1. The van der Waals surface area contributed by atoms with Gasteiger partial charge in [-0.25, -0.2) is 4.79 Å². The molecule has 0 unspecified atom stereocenters. The summed E-state index contributed by atoms with van der Waals surface area (Å²) in [5.41, 5.74) is 0.637. The van der Waals surface area contributed by atoms with E-state index in [1.807, 2.05) is 13.8 Å². The van der Waals surface area contributed by atoms with Crippen LogP contribution in [0.4, 0.5) is 0 Å². The van der Waals surface area contributed by atoms with Crippen molar-refractivity contribution in [1.29, 1.82) is 0 Å². The topological polar surface area (TPSA) is 29.5 Å². The fourth-order valence-electron chi connectivity index (χ4n) is 0.692. The van der Waals surface area contributed by atoms with Gasteiger partial charge in [-0.05, 0) is 20.3 Å². The minimum absolute atomic E-state index is 0.270. The molecule has 0 bridgehead atoms. The van der Waals surface area contributed by atoms with Crippen LogP contribution in [-0.4, -0.2) is 24.6 Å². The monoisotopic (exact) mass is 171 g/mol. The van der Waals surface area contributed by atoms with Gasteiger partial charge >= 0.3 is 5.97 Å². The van der Waals surface area contributed by atoms with E-state index in [1.54, 1.807) is 25.1 Å². The highest BCUT2D eigenvalue weighted by Crippen LogP contribution is 1.98. The number of hydrogen-bond acceptors (Lipinski definition) is 3. The molecule has 0 spiro atoms. The quantitative estimate of drug-likeness (QED) is 0.476. The molecule has 0 N–H and O–H groups in total. The molecular formula is C9H17NO2. The van der Waals surface area contributed by atoms with Crippen molar-refractivity contribution in [3.05, 3.63) is 11.6 Å². The largest absolute Gasteiger partial charge is 0.364 e.